The summed E-state index contributed by atoms with van der Waals surface area (Å²) in [5.74, 6) is 0. The Morgan fingerprint density at radius 3 is 1.63 bits per heavy atom. The number of nitrogens with one attached hydrogen (secondary N) is 1. The summed E-state index contributed by atoms with van der Waals surface area (Å²) in [5, 5.41) is 21.4. The topological polar surface area (TPSA) is 185 Å². The van der Waals surface area contributed by atoms with Crippen LogP contribution >= 0.6 is 22.6 Å². The highest BCUT2D eigenvalue weighted by atomic mass is 127. The van der Waals surface area contributed by atoms with Crippen molar-refractivity contribution in [3.63, 3.8) is 0 Å². The minimum atomic E-state index is -0.844. The first-order valence-corrected chi connectivity index (χ1v) is 12.4. The largest absolute Gasteiger partial charge is 0.353 e. The van der Waals surface area contributed by atoms with E-state index in [1.54, 1.807) is 20.8 Å². The second kappa shape index (κ2) is 15.0. The lowest BCUT2D eigenvalue weighted by Gasteiger charge is -2.10. The molecule has 2 aromatic rings. The molecule has 2 heterocycles. The van der Waals surface area contributed by atoms with E-state index in [1.807, 2.05) is 0 Å². The van der Waals surface area contributed by atoms with Crippen molar-refractivity contribution in [3.8, 4) is 0 Å². The highest BCUT2D eigenvalue weighted by Crippen LogP contribution is 2.09. The maximum absolute atomic E-state index is 11.9. The van der Waals surface area contributed by atoms with Gasteiger partial charge in [0.1, 0.15) is 11.4 Å². The summed E-state index contributed by atoms with van der Waals surface area (Å²) in [5.41, 5.74) is -3.73. The van der Waals surface area contributed by atoms with Crippen LogP contribution in [0.15, 0.2) is 19.2 Å². The highest BCUT2D eigenvalue weighted by Gasteiger charge is 2.24. The Kier molecular flexibility index (Phi) is 13.7. The van der Waals surface area contributed by atoms with Crippen LogP contribution in [0.25, 0.3) is 0 Å². The number of aromatic nitrogens is 4. The second-order valence-corrected chi connectivity index (χ2v) is 8.59. The Morgan fingerprint density at radius 1 is 0.800 bits per heavy atom. The van der Waals surface area contributed by atoms with Gasteiger partial charge < -0.3 is 4.98 Å². The van der Waals surface area contributed by atoms with Crippen LogP contribution in [-0.4, -0.2) is 33.0 Å². The molecule has 1 N–H and O–H groups in total. The average Bonchev–Trinajstić information content (AvgIpc) is 2.75. The van der Waals surface area contributed by atoms with Crippen LogP contribution in [-0.2, 0) is 19.6 Å². The summed E-state index contributed by atoms with van der Waals surface area (Å²) in [6.07, 6.45) is 1.13. The fraction of sp³-hybridized carbons (Fsp3) is 0.600. The molecule has 35 heavy (non-hydrogen) atoms. The Bertz CT molecular complexity index is 1270. The first-order valence-electron chi connectivity index (χ1n) is 10.9. The van der Waals surface area contributed by atoms with E-state index in [1.165, 1.54) is 22.8 Å². The van der Waals surface area contributed by atoms with Crippen LogP contribution in [0.5, 0.6) is 0 Å². The van der Waals surface area contributed by atoms with Crippen LogP contribution in [0, 0.1) is 34.1 Å². The summed E-state index contributed by atoms with van der Waals surface area (Å²) >= 11 is 2.29. The number of H-pyrrole nitrogens is 1. The van der Waals surface area contributed by atoms with Crippen LogP contribution in [0.1, 0.15) is 51.9 Å². The van der Waals surface area contributed by atoms with Gasteiger partial charge in [-0.05, 0) is 38.0 Å². The van der Waals surface area contributed by atoms with Gasteiger partial charge >= 0.3 is 33.9 Å². The standard InChI is InChI=1S/C10H15N3O4.C8H11N3O4.C2H5I/c1-4-6-12-9(14)8(13(16)17)7(3)11(5-2)10(12)15;1-3-4-10-7(12)6(11(14)15)5(2)9-8(10)13;1-2-3/h4-6H2,1-3H3;3-4H2,1-2H3,(H,9,13);2H2,1H3. The molecule has 2 rings (SSSR count). The number of aryl methyl sites for hydroxylation is 1. The van der Waals surface area contributed by atoms with E-state index >= 15 is 0 Å². The molecule has 2 aromatic heterocycles. The van der Waals surface area contributed by atoms with Crippen LogP contribution < -0.4 is 22.5 Å². The normalized spacial score (nSPS) is 10.0. The van der Waals surface area contributed by atoms with Gasteiger partial charge in [0.15, 0.2) is 0 Å². The summed E-state index contributed by atoms with van der Waals surface area (Å²) in [6, 6.07) is 0. The first kappa shape index (κ1) is 31.9. The molecule has 0 saturated carbocycles. The zero-order valence-electron chi connectivity index (χ0n) is 20.6. The zero-order valence-corrected chi connectivity index (χ0v) is 22.8. The number of halogens is 1. The molecule has 14 nitrogen and oxygen atoms in total. The molecule has 0 amide bonds. The Labute approximate surface area is 214 Å². The Hall–Kier alpha value is -3.11. The maximum atomic E-state index is 11.9. The summed E-state index contributed by atoms with van der Waals surface area (Å²) in [6.45, 7) is 10.8. The zero-order chi connectivity index (χ0) is 27.5. The molecule has 196 valence electrons. The molecule has 0 aliphatic carbocycles. The molecular weight excluding hydrogens is 579 g/mol. The van der Waals surface area contributed by atoms with E-state index < -0.39 is 43.7 Å². The van der Waals surface area contributed by atoms with Crippen molar-refractivity contribution in [3.05, 3.63) is 73.3 Å². The number of hydrogen-bond donors (Lipinski definition) is 1. The summed E-state index contributed by atoms with van der Waals surface area (Å²) in [4.78, 5) is 68.8. The fourth-order valence-corrected chi connectivity index (χ4v) is 3.10. The van der Waals surface area contributed by atoms with Crippen molar-refractivity contribution < 1.29 is 9.85 Å². The third kappa shape index (κ3) is 7.97. The lowest BCUT2D eigenvalue weighted by molar-refractivity contribution is -0.387. The Balaban J connectivity index is 0.000000597. The van der Waals surface area contributed by atoms with Gasteiger partial charge in [-0.2, -0.15) is 0 Å². The molecule has 0 unspecified atom stereocenters. The van der Waals surface area contributed by atoms with E-state index in [9.17, 15) is 39.4 Å². The van der Waals surface area contributed by atoms with Crippen LogP contribution in [0.2, 0.25) is 0 Å². The van der Waals surface area contributed by atoms with Crippen molar-refractivity contribution >= 4 is 34.0 Å². The van der Waals surface area contributed by atoms with E-state index in [-0.39, 0.29) is 24.5 Å². The molecule has 0 saturated heterocycles. The van der Waals surface area contributed by atoms with Gasteiger partial charge in [0.05, 0.1) is 9.85 Å². The molecule has 0 radical (unpaired) electrons. The molecule has 0 atom stereocenters. The van der Waals surface area contributed by atoms with E-state index in [4.69, 9.17) is 0 Å². The van der Waals surface area contributed by atoms with Crippen LogP contribution in [0.3, 0.4) is 0 Å². The second-order valence-electron chi connectivity index (χ2n) is 7.06. The summed E-state index contributed by atoms with van der Waals surface area (Å²) in [7, 11) is 0. The van der Waals surface area contributed by atoms with Gasteiger partial charge in [-0.3, -0.25) is 43.5 Å². The number of aromatic amines is 1. The quantitative estimate of drug-likeness (QED) is 0.214. The van der Waals surface area contributed by atoms with Crippen LogP contribution in [0.4, 0.5) is 11.4 Å². The van der Waals surface area contributed by atoms with Crippen molar-refractivity contribution in [1.29, 1.82) is 0 Å². The third-order valence-electron chi connectivity index (χ3n) is 4.58. The van der Waals surface area contributed by atoms with Gasteiger partial charge in [0.25, 0.3) is 0 Å². The molecule has 0 aromatic carbocycles. The van der Waals surface area contributed by atoms with Crippen molar-refractivity contribution in [2.75, 3.05) is 4.43 Å². The SMILES string of the molecule is CCCn1c(=O)[nH]c(C)c([N+](=O)[O-])c1=O.CCCn1c(=O)c([N+](=O)[O-])c(C)n(CC)c1=O.CCI. The number of nitro groups is 2. The smallest absolute Gasteiger partial charge is 0.305 e. The van der Waals surface area contributed by atoms with Crippen molar-refractivity contribution in [2.45, 2.75) is 74.0 Å². The van der Waals surface area contributed by atoms with Crippen molar-refractivity contribution in [2.24, 2.45) is 0 Å². The minimum Gasteiger partial charge on any atom is -0.305 e. The molecule has 0 fully saturated rings. The fourth-order valence-electron chi connectivity index (χ4n) is 3.10. The molecule has 15 heteroatoms. The Morgan fingerprint density at radius 2 is 1.23 bits per heavy atom. The van der Waals surface area contributed by atoms with E-state index in [2.05, 4.69) is 34.5 Å². The molecule has 0 bridgehead atoms. The van der Waals surface area contributed by atoms with E-state index in [0.717, 1.165) is 9.13 Å². The minimum absolute atomic E-state index is 0.0117. The number of rotatable bonds is 7. The van der Waals surface area contributed by atoms with Gasteiger partial charge in [0.2, 0.25) is 0 Å². The number of hydrogen-bond acceptors (Lipinski definition) is 8. The monoisotopic (exact) mass is 610 g/mol. The predicted molar refractivity (Wildman–Crippen MR) is 140 cm³/mol. The van der Waals surface area contributed by atoms with Gasteiger partial charge in [-0.1, -0.05) is 43.4 Å². The average molecular weight is 610 g/mol. The third-order valence-corrected chi connectivity index (χ3v) is 4.58. The molecule has 0 spiro atoms. The lowest BCUT2D eigenvalue weighted by Crippen LogP contribution is -2.41. The number of alkyl halides is 1. The maximum Gasteiger partial charge on any atom is 0.353 e. The lowest BCUT2D eigenvalue weighted by atomic mass is 10.3. The van der Waals surface area contributed by atoms with Gasteiger partial charge in [-0.25, -0.2) is 9.59 Å². The molecule has 0 aliphatic rings. The van der Waals surface area contributed by atoms with Crippen molar-refractivity contribution in [1.82, 2.24) is 18.7 Å². The molecule has 0 aliphatic heterocycles. The molecular formula is C20H31IN6O8. The predicted octanol–water partition coefficient (Wildman–Crippen LogP) is 2.26. The first-order chi connectivity index (χ1) is 16.4. The number of nitrogens with zero attached hydrogens (tertiary/aromatic N) is 5. The van der Waals surface area contributed by atoms with Gasteiger partial charge in [-0.15, -0.1) is 0 Å². The van der Waals surface area contributed by atoms with Gasteiger partial charge in [0, 0.05) is 19.6 Å². The highest BCUT2D eigenvalue weighted by molar-refractivity contribution is 14.1. The summed E-state index contributed by atoms with van der Waals surface area (Å²) < 4.78 is 4.23. The van der Waals surface area contributed by atoms with E-state index in [0.29, 0.717) is 19.4 Å².